The molecule has 1 aliphatic carbocycles. The van der Waals surface area contributed by atoms with Crippen molar-refractivity contribution in [3.8, 4) is 5.75 Å². The topological polar surface area (TPSA) is 80.7 Å². The predicted octanol–water partition coefficient (Wildman–Crippen LogP) is 5.96. The largest absolute Gasteiger partial charge is 0.495 e. The van der Waals surface area contributed by atoms with Crippen molar-refractivity contribution >= 4 is 43.4 Å². The van der Waals surface area contributed by atoms with Crippen LogP contribution in [0.5, 0.6) is 5.75 Å². The first kappa shape index (κ1) is 23.2. The van der Waals surface area contributed by atoms with Gasteiger partial charge in [-0.15, -0.1) is 0 Å². The summed E-state index contributed by atoms with van der Waals surface area (Å²) in [5.41, 5.74) is 3.67. The highest BCUT2D eigenvalue weighted by Gasteiger charge is 2.34. The average Bonchev–Trinajstić information content (AvgIpc) is 3.15. The summed E-state index contributed by atoms with van der Waals surface area (Å²) in [5, 5.41) is 3.90. The van der Waals surface area contributed by atoms with Crippen LogP contribution in [0.4, 0.5) is 20.2 Å². The number of rotatable bonds is 4. The standard InChI is InChI=1S/C26H23F2N3O3S/c1-26(2,3)35(32,33)24-12-16-20(7-8-29-21(16)13-23(24)34-4)30-15-5-6-19-17(11-15)25-18(28)9-14(27)10-22(25)31-19/h5,7-13H,6H2,1-4H3,(H,29,30). The number of hydrogen-bond donors (Lipinski definition) is 1. The van der Waals surface area contributed by atoms with Gasteiger partial charge in [0, 0.05) is 58.7 Å². The molecule has 35 heavy (non-hydrogen) atoms. The number of anilines is 1. The molecule has 2 heterocycles. The number of hydrogen-bond acceptors (Lipinski definition) is 6. The highest BCUT2D eigenvalue weighted by Crippen LogP contribution is 2.41. The van der Waals surface area contributed by atoms with Crippen molar-refractivity contribution in [3.05, 3.63) is 71.6 Å². The number of nitrogens with one attached hydrogen (secondary N) is 1. The first-order chi connectivity index (χ1) is 16.5. The third-order valence-electron chi connectivity index (χ3n) is 6.09. The molecule has 1 aromatic heterocycles. The van der Waals surface area contributed by atoms with Crippen LogP contribution in [0.1, 0.15) is 32.8 Å². The first-order valence-electron chi connectivity index (χ1n) is 11.0. The fourth-order valence-corrected chi connectivity index (χ4v) is 5.54. The molecule has 6 nitrogen and oxygen atoms in total. The van der Waals surface area contributed by atoms with Crippen molar-refractivity contribution in [2.45, 2.75) is 36.8 Å². The minimum atomic E-state index is -3.71. The van der Waals surface area contributed by atoms with Crippen molar-refractivity contribution < 1.29 is 21.9 Å². The number of sulfone groups is 1. The van der Waals surface area contributed by atoms with Gasteiger partial charge >= 0.3 is 0 Å². The molecule has 1 N–H and O–H groups in total. The van der Waals surface area contributed by atoms with E-state index in [-0.39, 0.29) is 21.9 Å². The van der Waals surface area contributed by atoms with Gasteiger partial charge in [0.05, 0.1) is 28.8 Å². The second-order valence-corrected chi connectivity index (χ2v) is 12.1. The van der Waals surface area contributed by atoms with Gasteiger partial charge in [0.2, 0.25) is 0 Å². The molecule has 0 unspecified atom stereocenters. The van der Waals surface area contributed by atoms with Gasteiger partial charge in [0.25, 0.3) is 0 Å². The van der Waals surface area contributed by atoms with E-state index in [0.29, 0.717) is 40.0 Å². The summed E-state index contributed by atoms with van der Waals surface area (Å²) < 4.78 is 59.1. The van der Waals surface area contributed by atoms with Crippen molar-refractivity contribution in [1.82, 2.24) is 4.98 Å². The summed E-state index contributed by atoms with van der Waals surface area (Å²) in [7, 11) is -2.28. The lowest BCUT2D eigenvalue weighted by molar-refractivity contribution is 0.402. The van der Waals surface area contributed by atoms with E-state index in [2.05, 4.69) is 15.3 Å². The van der Waals surface area contributed by atoms with Gasteiger partial charge in [-0.2, -0.15) is 0 Å². The Morgan fingerprint density at radius 1 is 1.11 bits per heavy atom. The third-order valence-corrected chi connectivity index (χ3v) is 8.60. The van der Waals surface area contributed by atoms with Crippen LogP contribution in [0.3, 0.4) is 0 Å². The molecule has 9 heteroatoms. The number of ether oxygens (including phenoxy) is 1. The Hall–Kier alpha value is -3.59. The molecule has 0 fully saturated rings. The fourth-order valence-electron chi connectivity index (χ4n) is 4.20. The average molecular weight is 496 g/mol. The number of halogens is 2. The Bertz CT molecular complexity index is 1600. The van der Waals surface area contributed by atoms with E-state index in [1.807, 2.05) is 6.08 Å². The number of allylic oxidation sites excluding steroid dienone is 3. The maximum absolute atomic E-state index is 14.5. The first-order valence-corrected chi connectivity index (χ1v) is 12.5. The molecule has 180 valence electrons. The van der Waals surface area contributed by atoms with E-state index in [1.54, 1.807) is 51.2 Å². The van der Waals surface area contributed by atoms with Gasteiger partial charge in [0.1, 0.15) is 22.3 Å². The number of methoxy groups -OCH3 is 1. The lowest BCUT2D eigenvalue weighted by Crippen LogP contribution is -2.28. The van der Waals surface area contributed by atoms with Crippen molar-refractivity contribution in [3.63, 3.8) is 0 Å². The summed E-state index contributed by atoms with van der Waals surface area (Å²) in [4.78, 5) is 8.83. The summed E-state index contributed by atoms with van der Waals surface area (Å²) in [5.74, 6) is -1.11. The molecule has 0 saturated heterocycles. The summed E-state index contributed by atoms with van der Waals surface area (Å²) in [6.45, 7) is 4.91. The van der Waals surface area contributed by atoms with Crippen molar-refractivity contribution in [1.29, 1.82) is 0 Å². The Kier molecular flexibility index (Phi) is 5.28. The lowest BCUT2D eigenvalue weighted by Gasteiger charge is -2.22. The zero-order valence-corrected chi connectivity index (χ0v) is 20.4. The smallest absolute Gasteiger partial charge is 0.186 e. The van der Waals surface area contributed by atoms with Crippen molar-refractivity contribution in [2.24, 2.45) is 4.99 Å². The van der Waals surface area contributed by atoms with Crippen LogP contribution in [0, 0.1) is 11.6 Å². The Morgan fingerprint density at radius 3 is 2.60 bits per heavy atom. The Morgan fingerprint density at radius 2 is 1.89 bits per heavy atom. The van der Waals surface area contributed by atoms with Crippen LogP contribution in [0.25, 0.3) is 16.5 Å². The van der Waals surface area contributed by atoms with Crippen LogP contribution in [-0.4, -0.2) is 31.0 Å². The second kappa shape index (κ2) is 7.98. The lowest BCUT2D eigenvalue weighted by atomic mass is 9.95. The number of pyridine rings is 1. The van der Waals surface area contributed by atoms with Gasteiger partial charge in [0.15, 0.2) is 9.84 Å². The predicted molar refractivity (Wildman–Crippen MR) is 133 cm³/mol. The normalized spacial score (nSPS) is 15.2. The van der Waals surface area contributed by atoms with Gasteiger partial charge in [-0.25, -0.2) is 17.2 Å². The minimum Gasteiger partial charge on any atom is -0.495 e. The molecule has 0 amide bonds. The van der Waals surface area contributed by atoms with Gasteiger partial charge in [-0.05, 0) is 39.0 Å². The monoisotopic (exact) mass is 495 g/mol. The highest BCUT2D eigenvalue weighted by molar-refractivity contribution is 7.92. The van der Waals surface area contributed by atoms with E-state index < -0.39 is 26.2 Å². The molecular formula is C26H23F2N3O3S. The number of fused-ring (bicyclic) bond motifs is 4. The van der Waals surface area contributed by atoms with Gasteiger partial charge in [-0.1, -0.05) is 6.08 Å². The Labute approximate surface area is 202 Å². The van der Waals surface area contributed by atoms with E-state index in [1.165, 1.54) is 13.2 Å². The van der Waals surface area contributed by atoms with Crippen LogP contribution in [0.15, 0.2) is 64.3 Å². The number of nitrogens with zero attached hydrogens (tertiary/aromatic N) is 2. The molecule has 5 rings (SSSR count). The molecular weight excluding hydrogens is 472 g/mol. The van der Waals surface area contributed by atoms with E-state index in [9.17, 15) is 17.2 Å². The molecule has 0 spiro atoms. The number of benzene rings is 2. The Balaban J connectivity index is 1.58. The molecule has 0 bridgehead atoms. The van der Waals surface area contributed by atoms with E-state index >= 15 is 0 Å². The van der Waals surface area contributed by atoms with Crippen molar-refractivity contribution in [2.75, 3.05) is 12.4 Å². The number of aromatic nitrogens is 1. The summed E-state index contributed by atoms with van der Waals surface area (Å²) >= 11 is 0. The van der Waals surface area contributed by atoms with E-state index in [4.69, 9.17) is 4.74 Å². The molecule has 3 aromatic rings. The van der Waals surface area contributed by atoms with Crippen LogP contribution >= 0.6 is 0 Å². The zero-order chi connectivity index (χ0) is 25.1. The maximum Gasteiger partial charge on any atom is 0.186 e. The van der Waals surface area contributed by atoms with Gasteiger partial charge < -0.3 is 10.1 Å². The molecule has 2 aliphatic rings. The molecule has 0 atom stereocenters. The summed E-state index contributed by atoms with van der Waals surface area (Å²) in [6, 6.07) is 6.99. The molecule has 1 aliphatic heterocycles. The molecule has 0 saturated carbocycles. The van der Waals surface area contributed by atoms with Crippen LogP contribution in [0.2, 0.25) is 0 Å². The highest BCUT2D eigenvalue weighted by atomic mass is 32.2. The summed E-state index contributed by atoms with van der Waals surface area (Å²) in [6.07, 6.45) is 5.70. The maximum atomic E-state index is 14.5. The number of aliphatic imine (C=N–C) groups is 1. The second-order valence-electron chi connectivity index (χ2n) is 9.38. The quantitative estimate of drug-likeness (QED) is 0.483. The van der Waals surface area contributed by atoms with Crippen LogP contribution in [-0.2, 0) is 9.84 Å². The minimum absolute atomic E-state index is 0.0789. The van der Waals surface area contributed by atoms with Crippen LogP contribution < -0.4 is 10.1 Å². The molecule has 0 radical (unpaired) electrons. The fraction of sp³-hybridized carbons (Fsp3) is 0.231. The zero-order valence-electron chi connectivity index (χ0n) is 19.6. The van der Waals surface area contributed by atoms with E-state index in [0.717, 1.165) is 6.07 Å². The third kappa shape index (κ3) is 3.80. The SMILES string of the molecule is COc1cc2nccc(NC3=CCC4=Nc5cc(F)cc(F)c5C4=C3)c2cc1S(=O)(=O)C(C)(C)C. The molecule has 2 aromatic carbocycles. The van der Waals surface area contributed by atoms with Gasteiger partial charge in [-0.3, -0.25) is 9.98 Å².